The molecule has 9 heteroatoms. The number of nitrogens with zero attached hydrogens (tertiary/aromatic N) is 6. The van der Waals surface area contributed by atoms with Gasteiger partial charge in [0.1, 0.15) is 0 Å². The molecule has 2 aromatic carbocycles. The number of carbonyl (C=O) groups is 1. The van der Waals surface area contributed by atoms with E-state index in [1.807, 2.05) is 55.1 Å². The molecule has 4 aromatic rings. The van der Waals surface area contributed by atoms with Crippen LogP contribution in [0.25, 0.3) is 16.9 Å². The average Bonchev–Trinajstić information content (AvgIpc) is 3.51. The molecule has 5 rings (SSSR count). The summed E-state index contributed by atoms with van der Waals surface area (Å²) in [6, 6.07) is 14.2. The number of carbonyl (C=O) groups excluding carboxylic acids is 1. The predicted molar refractivity (Wildman–Crippen MR) is 123 cm³/mol. The Balaban J connectivity index is 1.30. The number of aryl methyl sites for hydroxylation is 2. The van der Waals surface area contributed by atoms with Crippen LogP contribution in [0.15, 0.2) is 53.0 Å². The van der Waals surface area contributed by atoms with E-state index in [2.05, 4.69) is 32.0 Å². The van der Waals surface area contributed by atoms with Gasteiger partial charge in [-0.15, -0.1) is 16.4 Å². The number of thiazole rings is 1. The van der Waals surface area contributed by atoms with E-state index in [4.69, 9.17) is 0 Å². The first-order chi connectivity index (χ1) is 15.1. The molecule has 0 N–H and O–H groups in total. The van der Waals surface area contributed by atoms with Crippen molar-refractivity contribution in [3.8, 4) is 16.9 Å². The molecule has 1 aliphatic heterocycles. The van der Waals surface area contributed by atoms with Gasteiger partial charge in [0, 0.05) is 23.2 Å². The minimum absolute atomic E-state index is 0.0554. The maximum atomic E-state index is 13.0. The smallest absolute Gasteiger partial charge is 0.237 e. The van der Waals surface area contributed by atoms with Crippen molar-refractivity contribution in [1.29, 1.82) is 0 Å². The fraction of sp³-hybridized carbons (Fsp3) is 0.227. The third-order valence-corrected chi connectivity index (χ3v) is 6.88. The van der Waals surface area contributed by atoms with Gasteiger partial charge in [-0.3, -0.25) is 4.79 Å². The van der Waals surface area contributed by atoms with E-state index in [1.54, 1.807) is 16.0 Å². The van der Waals surface area contributed by atoms with Crippen molar-refractivity contribution in [3.05, 3.63) is 64.0 Å². The molecular weight excluding hydrogens is 428 g/mol. The summed E-state index contributed by atoms with van der Waals surface area (Å²) in [5, 5.41) is 15.7. The normalized spacial score (nSPS) is 12.9. The van der Waals surface area contributed by atoms with Gasteiger partial charge in [-0.05, 0) is 66.1 Å². The molecule has 0 saturated heterocycles. The summed E-state index contributed by atoms with van der Waals surface area (Å²) in [6.07, 6.45) is 0.851. The van der Waals surface area contributed by atoms with E-state index >= 15 is 0 Å². The number of fused-ring (bicyclic) bond motifs is 1. The van der Waals surface area contributed by atoms with Gasteiger partial charge in [-0.2, -0.15) is 4.68 Å². The lowest BCUT2D eigenvalue weighted by molar-refractivity contribution is -0.116. The monoisotopic (exact) mass is 448 g/mol. The Morgan fingerprint density at radius 3 is 2.90 bits per heavy atom. The van der Waals surface area contributed by atoms with Crippen LogP contribution in [0.1, 0.15) is 16.1 Å². The molecule has 0 unspecified atom stereocenters. The maximum absolute atomic E-state index is 13.0. The molecule has 3 heterocycles. The van der Waals surface area contributed by atoms with E-state index in [0.717, 1.165) is 39.6 Å². The molecule has 31 heavy (non-hydrogen) atoms. The van der Waals surface area contributed by atoms with Crippen molar-refractivity contribution in [1.82, 2.24) is 25.2 Å². The van der Waals surface area contributed by atoms with Gasteiger partial charge in [0.25, 0.3) is 0 Å². The molecule has 0 bridgehead atoms. The zero-order chi connectivity index (χ0) is 21.4. The van der Waals surface area contributed by atoms with Crippen LogP contribution in [0.5, 0.6) is 0 Å². The number of aromatic nitrogens is 5. The first-order valence-electron chi connectivity index (χ1n) is 9.92. The Kier molecular flexibility index (Phi) is 5.29. The molecule has 0 atom stereocenters. The zero-order valence-corrected chi connectivity index (χ0v) is 18.8. The van der Waals surface area contributed by atoms with E-state index in [0.29, 0.717) is 11.7 Å². The van der Waals surface area contributed by atoms with Crippen molar-refractivity contribution >= 4 is 34.7 Å². The molecule has 0 saturated carbocycles. The maximum Gasteiger partial charge on any atom is 0.237 e. The van der Waals surface area contributed by atoms with Crippen LogP contribution < -0.4 is 4.90 Å². The van der Waals surface area contributed by atoms with Crippen LogP contribution in [0, 0.1) is 13.8 Å². The van der Waals surface area contributed by atoms with Crippen LogP contribution >= 0.6 is 23.1 Å². The third kappa shape index (κ3) is 3.98. The Labute approximate surface area is 188 Å². The number of hydrogen-bond acceptors (Lipinski definition) is 7. The summed E-state index contributed by atoms with van der Waals surface area (Å²) in [6.45, 7) is 4.72. The number of hydrogen-bond donors (Lipinski definition) is 0. The molecule has 0 spiro atoms. The van der Waals surface area contributed by atoms with E-state index in [1.165, 1.54) is 17.3 Å². The topological polar surface area (TPSA) is 76.8 Å². The van der Waals surface area contributed by atoms with E-state index in [9.17, 15) is 4.79 Å². The van der Waals surface area contributed by atoms with Crippen molar-refractivity contribution in [2.45, 2.75) is 25.4 Å². The summed E-state index contributed by atoms with van der Waals surface area (Å²) in [7, 11) is 0. The standard InChI is InChI=1S/C22H20N6OS2/c1-14-4-3-5-18(10-14)28-22(24-25-26-28)31-13-21(29)27-9-8-17-11-16(6-7-20(17)27)19-12-30-15(2)23-19/h3-7,10-12H,8-9,13H2,1-2H3. The number of benzene rings is 2. The highest BCUT2D eigenvalue weighted by Crippen LogP contribution is 2.33. The Morgan fingerprint density at radius 1 is 1.19 bits per heavy atom. The van der Waals surface area contributed by atoms with Crippen molar-refractivity contribution in [2.24, 2.45) is 0 Å². The lowest BCUT2D eigenvalue weighted by Crippen LogP contribution is -2.30. The Hall–Kier alpha value is -3.04. The molecule has 0 radical (unpaired) electrons. The van der Waals surface area contributed by atoms with Crippen molar-refractivity contribution < 1.29 is 4.79 Å². The molecule has 7 nitrogen and oxygen atoms in total. The van der Waals surface area contributed by atoms with Gasteiger partial charge in [-0.25, -0.2) is 4.98 Å². The predicted octanol–water partition coefficient (Wildman–Crippen LogP) is 4.08. The average molecular weight is 449 g/mol. The number of tetrazole rings is 1. The largest absolute Gasteiger partial charge is 0.311 e. The number of anilines is 1. The molecule has 0 fully saturated rings. The number of amides is 1. The third-order valence-electron chi connectivity index (χ3n) is 5.20. The lowest BCUT2D eigenvalue weighted by atomic mass is 10.1. The molecular formula is C22H20N6OS2. The summed E-state index contributed by atoms with van der Waals surface area (Å²) in [5.41, 5.74) is 6.28. The van der Waals surface area contributed by atoms with Gasteiger partial charge in [0.05, 0.1) is 22.1 Å². The van der Waals surface area contributed by atoms with E-state index in [-0.39, 0.29) is 11.7 Å². The van der Waals surface area contributed by atoms with Crippen molar-refractivity contribution in [3.63, 3.8) is 0 Å². The first kappa shape index (κ1) is 19.9. The minimum Gasteiger partial charge on any atom is -0.311 e. The van der Waals surface area contributed by atoms with Crippen LogP contribution in [0.2, 0.25) is 0 Å². The number of rotatable bonds is 5. The van der Waals surface area contributed by atoms with Crippen LogP contribution in [0.4, 0.5) is 5.69 Å². The van der Waals surface area contributed by atoms with Gasteiger partial charge in [0.15, 0.2) is 0 Å². The van der Waals surface area contributed by atoms with E-state index < -0.39 is 0 Å². The highest BCUT2D eigenvalue weighted by Gasteiger charge is 2.25. The summed E-state index contributed by atoms with van der Waals surface area (Å²) >= 11 is 3.00. The fourth-order valence-corrected chi connectivity index (χ4v) is 5.10. The second-order valence-electron chi connectivity index (χ2n) is 7.39. The summed E-state index contributed by atoms with van der Waals surface area (Å²) in [4.78, 5) is 19.4. The van der Waals surface area contributed by atoms with Gasteiger partial charge < -0.3 is 4.90 Å². The fourth-order valence-electron chi connectivity index (χ4n) is 3.71. The van der Waals surface area contributed by atoms with Gasteiger partial charge >= 0.3 is 0 Å². The van der Waals surface area contributed by atoms with Crippen LogP contribution in [-0.2, 0) is 11.2 Å². The molecule has 156 valence electrons. The van der Waals surface area contributed by atoms with Gasteiger partial charge in [-0.1, -0.05) is 30.0 Å². The second kappa shape index (κ2) is 8.24. The SMILES string of the molecule is Cc1cccc(-n2nnnc2SCC(=O)N2CCc3cc(-c4csc(C)n4)ccc32)c1. The van der Waals surface area contributed by atoms with Crippen molar-refractivity contribution in [2.75, 3.05) is 17.2 Å². The molecule has 1 aliphatic rings. The number of thioether (sulfide) groups is 1. The second-order valence-corrected chi connectivity index (χ2v) is 9.40. The summed E-state index contributed by atoms with van der Waals surface area (Å²) in [5.74, 6) is 0.332. The molecule has 1 amide bonds. The Bertz CT molecular complexity index is 1260. The molecule has 2 aromatic heterocycles. The quantitative estimate of drug-likeness (QED) is 0.428. The highest BCUT2D eigenvalue weighted by molar-refractivity contribution is 7.99. The lowest BCUT2D eigenvalue weighted by Gasteiger charge is -2.17. The zero-order valence-electron chi connectivity index (χ0n) is 17.1. The summed E-state index contributed by atoms with van der Waals surface area (Å²) < 4.78 is 1.67. The highest BCUT2D eigenvalue weighted by atomic mass is 32.2. The minimum atomic E-state index is 0.0554. The Morgan fingerprint density at radius 2 is 2.10 bits per heavy atom. The van der Waals surface area contributed by atoms with Crippen LogP contribution in [0.3, 0.4) is 0 Å². The van der Waals surface area contributed by atoms with Crippen LogP contribution in [-0.4, -0.2) is 43.4 Å². The molecule has 0 aliphatic carbocycles. The van der Waals surface area contributed by atoms with Gasteiger partial charge in [0.2, 0.25) is 11.1 Å². The first-order valence-corrected chi connectivity index (χ1v) is 11.8.